The van der Waals surface area contributed by atoms with Gasteiger partial charge in [-0.05, 0) is 13.3 Å². The number of rotatable bonds is 5. The van der Waals surface area contributed by atoms with Gasteiger partial charge in [0.05, 0.1) is 18.4 Å². The molecule has 1 rings (SSSR count). The molecule has 0 aromatic carbocycles. The van der Waals surface area contributed by atoms with Gasteiger partial charge in [0, 0.05) is 6.20 Å². The van der Waals surface area contributed by atoms with Crippen LogP contribution in [0.2, 0.25) is 0 Å². The van der Waals surface area contributed by atoms with E-state index in [0.29, 0.717) is 18.6 Å². The molecule has 0 radical (unpaired) electrons. The summed E-state index contributed by atoms with van der Waals surface area (Å²) in [5, 5.41) is 3.93. The van der Waals surface area contributed by atoms with Crippen molar-refractivity contribution in [3.63, 3.8) is 0 Å². The van der Waals surface area contributed by atoms with Crippen LogP contribution in [0.25, 0.3) is 0 Å². The molecule has 6 heteroatoms. The second-order valence-corrected chi connectivity index (χ2v) is 3.26. The van der Waals surface area contributed by atoms with Crippen molar-refractivity contribution in [2.75, 3.05) is 6.61 Å². The van der Waals surface area contributed by atoms with Gasteiger partial charge in [-0.15, -0.1) is 0 Å². The topological polar surface area (TPSA) is 87.2 Å². The predicted octanol–water partition coefficient (Wildman–Crippen LogP) is 0.496. The van der Waals surface area contributed by atoms with Gasteiger partial charge in [0.1, 0.15) is 6.04 Å². The normalized spacial score (nSPS) is 12.1. The van der Waals surface area contributed by atoms with Crippen LogP contribution in [0.1, 0.15) is 36.7 Å². The van der Waals surface area contributed by atoms with E-state index in [2.05, 4.69) is 5.10 Å². The quantitative estimate of drug-likeness (QED) is 0.739. The number of carbonyl (C=O) groups excluding carboxylic acids is 2. The maximum absolute atomic E-state index is 11.3. The van der Waals surface area contributed by atoms with E-state index >= 15 is 0 Å². The molecule has 0 aliphatic heterocycles. The summed E-state index contributed by atoms with van der Waals surface area (Å²) in [5.41, 5.74) is 5.53. The van der Waals surface area contributed by atoms with Gasteiger partial charge in [0.25, 0.3) is 0 Å². The number of nitrogens with two attached hydrogens (primary N) is 1. The van der Waals surface area contributed by atoms with Gasteiger partial charge in [0.15, 0.2) is 0 Å². The SMILES string of the molecule is CCOC(=O)c1cnn(C(CC)C(N)=O)c1. The van der Waals surface area contributed by atoms with Crippen molar-refractivity contribution in [2.24, 2.45) is 5.73 Å². The smallest absolute Gasteiger partial charge is 0.341 e. The molecule has 0 saturated heterocycles. The monoisotopic (exact) mass is 225 g/mol. The van der Waals surface area contributed by atoms with Crippen molar-refractivity contribution < 1.29 is 14.3 Å². The van der Waals surface area contributed by atoms with Crippen molar-refractivity contribution in [3.05, 3.63) is 18.0 Å². The molecule has 0 aliphatic carbocycles. The molecule has 16 heavy (non-hydrogen) atoms. The Hall–Kier alpha value is -1.85. The lowest BCUT2D eigenvalue weighted by Gasteiger charge is -2.10. The van der Waals surface area contributed by atoms with E-state index in [1.165, 1.54) is 17.1 Å². The van der Waals surface area contributed by atoms with Crippen LogP contribution in [0.3, 0.4) is 0 Å². The number of esters is 1. The lowest BCUT2D eigenvalue weighted by atomic mass is 10.2. The number of ether oxygens (including phenoxy) is 1. The van der Waals surface area contributed by atoms with Gasteiger partial charge in [-0.2, -0.15) is 5.10 Å². The Morgan fingerprint density at radius 3 is 2.75 bits per heavy atom. The van der Waals surface area contributed by atoms with Crippen LogP contribution in [-0.4, -0.2) is 28.3 Å². The Morgan fingerprint density at radius 1 is 1.56 bits per heavy atom. The summed E-state index contributed by atoms with van der Waals surface area (Å²) in [4.78, 5) is 22.4. The van der Waals surface area contributed by atoms with E-state index in [1.54, 1.807) is 6.92 Å². The molecule has 0 saturated carbocycles. The molecule has 1 amide bonds. The van der Waals surface area contributed by atoms with Crippen molar-refractivity contribution >= 4 is 11.9 Å². The third kappa shape index (κ3) is 2.59. The molecule has 1 aromatic rings. The van der Waals surface area contributed by atoms with E-state index < -0.39 is 17.9 Å². The molecule has 0 bridgehead atoms. The third-order valence-electron chi connectivity index (χ3n) is 2.15. The van der Waals surface area contributed by atoms with Crippen molar-refractivity contribution in [2.45, 2.75) is 26.3 Å². The molecule has 0 fully saturated rings. The first-order valence-electron chi connectivity index (χ1n) is 5.10. The molecular formula is C10H15N3O3. The minimum Gasteiger partial charge on any atom is -0.462 e. The Kier molecular flexibility index (Phi) is 4.04. The highest BCUT2D eigenvalue weighted by Gasteiger charge is 2.18. The van der Waals surface area contributed by atoms with Gasteiger partial charge in [0.2, 0.25) is 5.91 Å². The minimum absolute atomic E-state index is 0.303. The molecule has 88 valence electrons. The lowest BCUT2D eigenvalue weighted by Crippen LogP contribution is -2.26. The Bertz CT molecular complexity index is 386. The fourth-order valence-electron chi connectivity index (χ4n) is 1.35. The first-order valence-corrected chi connectivity index (χ1v) is 5.10. The third-order valence-corrected chi connectivity index (χ3v) is 2.15. The Balaban J connectivity index is 2.85. The molecule has 1 atom stereocenters. The first kappa shape index (κ1) is 12.2. The lowest BCUT2D eigenvalue weighted by molar-refractivity contribution is -0.121. The highest BCUT2D eigenvalue weighted by Crippen LogP contribution is 2.11. The fourth-order valence-corrected chi connectivity index (χ4v) is 1.35. The number of carbonyl (C=O) groups is 2. The van der Waals surface area contributed by atoms with E-state index in [4.69, 9.17) is 10.5 Å². The van der Waals surface area contributed by atoms with E-state index in [-0.39, 0.29) is 0 Å². The van der Waals surface area contributed by atoms with Crippen LogP contribution < -0.4 is 5.73 Å². The molecule has 6 nitrogen and oxygen atoms in total. The number of hydrogen-bond donors (Lipinski definition) is 1. The number of primary amides is 1. The zero-order valence-electron chi connectivity index (χ0n) is 9.34. The number of aromatic nitrogens is 2. The van der Waals surface area contributed by atoms with Gasteiger partial charge in [-0.1, -0.05) is 6.92 Å². The van der Waals surface area contributed by atoms with Crippen LogP contribution in [0.5, 0.6) is 0 Å². The summed E-state index contributed by atoms with van der Waals surface area (Å²) in [6.07, 6.45) is 3.36. The van der Waals surface area contributed by atoms with Crippen LogP contribution >= 0.6 is 0 Å². The molecule has 1 heterocycles. The van der Waals surface area contributed by atoms with Crippen molar-refractivity contribution in [1.82, 2.24) is 9.78 Å². The Morgan fingerprint density at radius 2 is 2.25 bits per heavy atom. The fraction of sp³-hybridized carbons (Fsp3) is 0.500. The largest absolute Gasteiger partial charge is 0.462 e. The van der Waals surface area contributed by atoms with Crippen molar-refractivity contribution in [3.8, 4) is 0 Å². The molecular weight excluding hydrogens is 210 g/mol. The summed E-state index contributed by atoms with van der Waals surface area (Å²) in [6.45, 7) is 3.85. The van der Waals surface area contributed by atoms with E-state index in [0.717, 1.165) is 0 Å². The molecule has 1 unspecified atom stereocenters. The highest BCUT2D eigenvalue weighted by atomic mass is 16.5. The summed E-state index contributed by atoms with van der Waals surface area (Å²) >= 11 is 0. The highest BCUT2D eigenvalue weighted by molar-refractivity contribution is 5.89. The predicted molar refractivity (Wildman–Crippen MR) is 56.7 cm³/mol. The zero-order chi connectivity index (χ0) is 12.1. The number of hydrogen-bond acceptors (Lipinski definition) is 4. The van der Waals surface area contributed by atoms with Crippen LogP contribution in [0.15, 0.2) is 12.4 Å². The zero-order valence-corrected chi connectivity index (χ0v) is 9.34. The first-order chi connectivity index (χ1) is 7.60. The molecule has 0 aliphatic rings. The van der Waals surface area contributed by atoms with Crippen molar-refractivity contribution in [1.29, 1.82) is 0 Å². The van der Waals surface area contributed by atoms with E-state index in [9.17, 15) is 9.59 Å². The van der Waals surface area contributed by atoms with Gasteiger partial charge >= 0.3 is 5.97 Å². The maximum atomic E-state index is 11.3. The Labute approximate surface area is 93.4 Å². The summed E-state index contributed by atoms with van der Waals surface area (Å²) < 4.78 is 6.19. The van der Waals surface area contributed by atoms with Gasteiger partial charge < -0.3 is 10.5 Å². The van der Waals surface area contributed by atoms with E-state index in [1.807, 2.05) is 6.92 Å². The van der Waals surface area contributed by atoms with Gasteiger partial charge in [-0.25, -0.2) is 4.79 Å². The summed E-state index contributed by atoms with van der Waals surface area (Å²) in [5.74, 6) is -0.922. The molecule has 1 aromatic heterocycles. The second kappa shape index (κ2) is 5.29. The molecule has 2 N–H and O–H groups in total. The average Bonchev–Trinajstić information content (AvgIpc) is 2.68. The standard InChI is InChI=1S/C10H15N3O3/c1-3-8(9(11)14)13-6-7(5-12-13)10(15)16-4-2/h5-6,8H,3-4H2,1-2H3,(H2,11,14). The summed E-state index contributed by atoms with van der Waals surface area (Å²) in [6, 6.07) is -0.525. The van der Waals surface area contributed by atoms with Crippen LogP contribution in [-0.2, 0) is 9.53 Å². The number of amides is 1. The van der Waals surface area contributed by atoms with Crippen LogP contribution in [0.4, 0.5) is 0 Å². The second-order valence-electron chi connectivity index (χ2n) is 3.26. The van der Waals surface area contributed by atoms with Crippen LogP contribution in [0, 0.1) is 0 Å². The molecule has 0 spiro atoms. The van der Waals surface area contributed by atoms with Gasteiger partial charge in [-0.3, -0.25) is 9.48 Å². The minimum atomic E-state index is -0.525. The number of nitrogens with zero attached hydrogens (tertiary/aromatic N) is 2. The maximum Gasteiger partial charge on any atom is 0.341 e. The summed E-state index contributed by atoms with van der Waals surface area (Å²) in [7, 11) is 0. The average molecular weight is 225 g/mol.